The second-order valence-corrected chi connectivity index (χ2v) is 5.60. The van der Waals surface area contributed by atoms with Crippen LogP contribution in [0.4, 0.5) is 5.69 Å². The maximum Gasteiger partial charge on any atom is 0.253 e. The number of hydrogen-bond acceptors (Lipinski definition) is 3. The predicted molar refractivity (Wildman–Crippen MR) is 87.3 cm³/mol. The zero-order valence-electron chi connectivity index (χ0n) is 12.0. The van der Waals surface area contributed by atoms with Gasteiger partial charge in [0.2, 0.25) is 0 Å². The Morgan fingerprint density at radius 3 is 2.48 bits per heavy atom. The van der Waals surface area contributed by atoms with Gasteiger partial charge < -0.3 is 15.4 Å². The monoisotopic (exact) mass is 348 g/mol. The minimum atomic E-state index is -0.0648. The summed E-state index contributed by atoms with van der Waals surface area (Å²) >= 11 is 3.32. The molecule has 0 atom stereocenters. The molecule has 0 aliphatic carbocycles. The van der Waals surface area contributed by atoms with Crippen molar-refractivity contribution >= 4 is 27.5 Å². The van der Waals surface area contributed by atoms with Gasteiger partial charge in [-0.05, 0) is 51.8 Å². The highest BCUT2D eigenvalue weighted by molar-refractivity contribution is 9.10. The number of methoxy groups -OCH3 is 1. The van der Waals surface area contributed by atoms with Crippen molar-refractivity contribution in [2.45, 2.75) is 6.54 Å². The van der Waals surface area contributed by atoms with Crippen molar-refractivity contribution in [1.29, 1.82) is 0 Å². The molecule has 110 valence electrons. The molecule has 0 aliphatic heterocycles. The minimum Gasteiger partial charge on any atom is -0.497 e. The number of carbonyl (C=O) groups is 1. The Morgan fingerprint density at radius 1 is 1.24 bits per heavy atom. The molecule has 0 spiro atoms. The van der Waals surface area contributed by atoms with Crippen molar-refractivity contribution in [1.82, 2.24) is 4.90 Å². The molecule has 0 unspecified atom stereocenters. The summed E-state index contributed by atoms with van der Waals surface area (Å²) in [6, 6.07) is 12.9. The summed E-state index contributed by atoms with van der Waals surface area (Å²) in [5.74, 6) is 0.735. The fourth-order valence-electron chi connectivity index (χ4n) is 1.97. The van der Waals surface area contributed by atoms with Gasteiger partial charge in [0.25, 0.3) is 5.91 Å². The Labute approximate surface area is 132 Å². The van der Waals surface area contributed by atoms with Crippen molar-refractivity contribution in [3.05, 3.63) is 58.1 Å². The molecule has 0 aromatic heterocycles. The highest BCUT2D eigenvalue weighted by atomic mass is 79.9. The Kier molecular flexibility index (Phi) is 4.85. The lowest BCUT2D eigenvalue weighted by molar-refractivity contribution is 0.0785. The molecule has 0 fully saturated rings. The number of nitrogens with zero attached hydrogens (tertiary/aromatic N) is 1. The SMILES string of the molecule is COc1ccc(CN(C)C(=O)c2ccc(Br)c(N)c2)cc1. The Hall–Kier alpha value is -2.01. The third-order valence-corrected chi connectivity index (χ3v) is 3.89. The van der Waals surface area contributed by atoms with E-state index < -0.39 is 0 Å². The third kappa shape index (κ3) is 3.76. The van der Waals surface area contributed by atoms with Crippen molar-refractivity contribution < 1.29 is 9.53 Å². The highest BCUT2D eigenvalue weighted by Gasteiger charge is 2.13. The highest BCUT2D eigenvalue weighted by Crippen LogP contribution is 2.21. The van der Waals surface area contributed by atoms with Gasteiger partial charge in [-0.15, -0.1) is 0 Å². The zero-order chi connectivity index (χ0) is 15.4. The normalized spacial score (nSPS) is 10.2. The maximum absolute atomic E-state index is 12.4. The molecule has 0 aliphatic rings. The lowest BCUT2D eigenvalue weighted by Crippen LogP contribution is -2.26. The molecule has 2 aromatic rings. The van der Waals surface area contributed by atoms with Gasteiger partial charge in [-0.25, -0.2) is 0 Å². The molecule has 1 amide bonds. The van der Waals surface area contributed by atoms with Crippen LogP contribution >= 0.6 is 15.9 Å². The molecule has 0 radical (unpaired) electrons. The van der Waals surface area contributed by atoms with E-state index in [9.17, 15) is 4.79 Å². The Balaban J connectivity index is 2.09. The molecule has 2 rings (SSSR count). The first-order chi connectivity index (χ1) is 10.0. The standard InChI is InChI=1S/C16H17BrN2O2/c1-19(10-11-3-6-13(21-2)7-4-11)16(20)12-5-8-14(17)15(18)9-12/h3-9H,10,18H2,1-2H3. The van der Waals surface area contributed by atoms with Crippen LogP contribution in [-0.2, 0) is 6.54 Å². The fraction of sp³-hybridized carbons (Fsp3) is 0.188. The summed E-state index contributed by atoms with van der Waals surface area (Å²) in [5.41, 5.74) is 7.98. The fourth-order valence-corrected chi connectivity index (χ4v) is 2.22. The van der Waals surface area contributed by atoms with Gasteiger partial charge in [-0.1, -0.05) is 12.1 Å². The maximum atomic E-state index is 12.4. The molecule has 0 heterocycles. The quantitative estimate of drug-likeness (QED) is 0.862. The largest absolute Gasteiger partial charge is 0.497 e. The van der Waals surface area contributed by atoms with Crippen LogP contribution < -0.4 is 10.5 Å². The van der Waals surface area contributed by atoms with E-state index in [4.69, 9.17) is 10.5 Å². The number of nitrogen functional groups attached to an aromatic ring is 1. The number of carbonyl (C=O) groups excluding carboxylic acids is 1. The molecule has 0 saturated carbocycles. The molecule has 0 bridgehead atoms. The number of anilines is 1. The van der Waals surface area contributed by atoms with Crippen LogP contribution in [0.2, 0.25) is 0 Å². The van der Waals surface area contributed by atoms with E-state index in [2.05, 4.69) is 15.9 Å². The molecule has 5 heteroatoms. The van der Waals surface area contributed by atoms with Gasteiger partial charge in [-0.3, -0.25) is 4.79 Å². The summed E-state index contributed by atoms with van der Waals surface area (Å²) in [4.78, 5) is 14.0. The number of benzene rings is 2. The number of hydrogen-bond donors (Lipinski definition) is 1. The van der Waals surface area contributed by atoms with E-state index in [0.717, 1.165) is 15.8 Å². The van der Waals surface area contributed by atoms with Crippen molar-refractivity contribution in [3.63, 3.8) is 0 Å². The van der Waals surface area contributed by atoms with Crippen LogP contribution in [0.1, 0.15) is 15.9 Å². The van der Waals surface area contributed by atoms with E-state index >= 15 is 0 Å². The molecule has 2 aromatic carbocycles. The average Bonchev–Trinajstić information content (AvgIpc) is 2.50. The first kappa shape index (κ1) is 15.4. The van der Waals surface area contributed by atoms with Crippen molar-refractivity contribution in [2.24, 2.45) is 0 Å². The van der Waals surface area contributed by atoms with Crippen LogP contribution in [0.15, 0.2) is 46.9 Å². The van der Waals surface area contributed by atoms with Crippen LogP contribution in [0.25, 0.3) is 0 Å². The summed E-state index contributed by atoms with van der Waals surface area (Å²) in [6.45, 7) is 0.527. The van der Waals surface area contributed by atoms with Gasteiger partial charge >= 0.3 is 0 Å². The Bertz CT molecular complexity index is 641. The summed E-state index contributed by atoms with van der Waals surface area (Å²) in [7, 11) is 3.40. The molecule has 0 saturated heterocycles. The average molecular weight is 349 g/mol. The molecular weight excluding hydrogens is 332 g/mol. The number of rotatable bonds is 4. The van der Waals surface area contributed by atoms with Crippen LogP contribution in [-0.4, -0.2) is 25.0 Å². The minimum absolute atomic E-state index is 0.0648. The van der Waals surface area contributed by atoms with Crippen LogP contribution in [0.5, 0.6) is 5.75 Å². The van der Waals surface area contributed by atoms with Gasteiger partial charge in [-0.2, -0.15) is 0 Å². The number of ether oxygens (including phenoxy) is 1. The lowest BCUT2D eigenvalue weighted by Gasteiger charge is -2.18. The first-order valence-corrected chi connectivity index (χ1v) is 7.24. The van der Waals surface area contributed by atoms with E-state index in [0.29, 0.717) is 17.8 Å². The number of amides is 1. The lowest BCUT2D eigenvalue weighted by atomic mass is 10.1. The van der Waals surface area contributed by atoms with E-state index in [1.54, 1.807) is 37.3 Å². The molecular formula is C16H17BrN2O2. The van der Waals surface area contributed by atoms with Crippen LogP contribution in [0, 0.1) is 0 Å². The second-order valence-electron chi connectivity index (χ2n) is 4.75. The van der Waals surface area contributed by atoms with E-state index in [1.165, 1.54) is 0 Å². The van der Waals surface area contributed by atoms with Gasteiger partial charge in [0.05, 0.1) is 7.11 Å². The smallest absolute Gasteiger partial charge is 0.253 e. The van der Waals surface area contributed by atoms with Gasteiger partial charge in [0, 0.05) is 29.3 Å². The molecule has 4 nitrogen and oxygen atoms in total. The van der Waals surface area contributed by atoms with Crippen molar-refractivity contribution in [2.75, 3.05) is 19.9 Å². The molecule has 2 N–H and O–H groups in total. The van der Waals surface area contributed by atoms with Gasteiger partial charge in [0.1, 0.15) is 5.75 Å². The first-order valence-electron chi connectivity index (χ1n) is 6.44. The van der Waals surface area contributed by atoms with E-state index in [-0.39, 0.29) is 5.91 Å². The summed E-state index contributed by atoms with van der Waals surface area (Å²) in [6.07, 6.45) is 0. The number of halogens is 1. The van der Waals surface area contributed by atoms with E-state index in [1.807, 2.05) is 24.3 Å². The van der Waals surface area contributed by atoms with Crippen LogP contribution in [0.3, 0.4) is 0 Å². The summed E-state index contributed by atoms with van der Waals surface area (Å²) in [5, 5.41) is 0. The predicted octanol–water partition coefficient (Wildman–Crippen LogP) is 3.31. The summed E-state index contributed by atoms with van der Waals surface area (Å²) < 4.78 is 5.91. The second kappa shape index (κ2) is 6.63. The molecule has 21 heavy (non-hydrogen) atoms. The van der Waals surface area contributed by atoms with Gasteiger partial charge in [0.15, 0.2) is 0 Å². The third-order valence-electron chi connectivity index (χ3n) is 3.17. The zero-order valence-corrected chi connectivity index (χ0v) is 13.6. The topological polar surface area (TPSA) is 55.6 Å². The Morgan fingerprint density at radius 2 is 1.90 bits per heavy atom. The van der Waals surface area contributed by atoms with Crippen molar-refractivity contribution in [3.8, 4) is 5.75 Å². The number of nitrogens with two attached hydrogens (primary N) is 1.